The average Bonchev–Trinajstić information content (AvgIpc) is 2.26. The third-order valence-corrected chi connectivity index (χ3v) is 2.55. The Morgan fingerprint density at radius 2 is 1.94 bits per heavy atom. The van der Waals surface area contributed by atoms with Crippen molar-refractivity contribution in [3.63, 3.8) is 0 Å². The normalized spacial score (nSPS) is 9.94. The molecule has 0 saturated heterocycles. The van der Waals surface area contributed by atoms with Crippen LogP contribution in [0.5, 0.6) is 0 Å². The van der Waals surface area contributed by atoms with Crippen LogP contribution in [0.3, 0.4) is 0 Å². The van der Waals surface area contributed by atoms with Crippen molar-refractivity contribution in [2.45, 2.75) is 6.42 Å². The fourth-order valence-electron chi connectivity index (χ4n) is 1.28. The van der Waals surface area contributed by atoms with E-state index >= 15 is 0 Å². The summed E-state index contributed by atoms with van der Waals surface area (Å²) in [6, 6.07) is 6.17. The van der Waals surface area contributed by atoms with E-state index in [-0.39, 0.29) is 11.4 Å². The van der Waals surface area contributed by atoms with E-state index in [2.05, 4.69) is 0 Å². The number of benzene rings is 1. The van der Waals surface area contributed by atoms with Crippen LogP contribution in [0.25, 0.3) is 0 Å². The lowest BCUT2D eigenvalue weighted by Crippen LogP contribution is -2.25. The quantitative estimate of drug-likeness (QED) is 0.793. The Balaban J connectivity index is 2.99. The van der Waals surface area contributed by atoms with Crippen molar-refractivity contribution in [2.24, 2.45) is 5.92 Å². The minimum atomic E-state index is -1.54. The topological polar surface area (TPSA) is 98.4 Å². The van der Waals surface area contributed by atoms with Gasteiger partial charge in [0, 0.05) is 5.02 Å². The summed E-state index contributed by atoms with van der Waals surface area (Å²) in [5.41, 5.74) is 0.724. The molecule has 0 heterocycles. The van der Waals surface area contributed by atoms with Crippen molar-refractivity contribution in [3.05, 3.63) is 34.3 Å². The number of carbonyl (C=O) groups is 2. The average molecular weight is 254 g/mol. The molecule has 0 aromatic heterocycles. The van der Waals surface area contributed by atoms with Gasteiger partial charge in [0.05, 0.1) is 11.6 Å². The monoisotopic (exact) mass is 253 g/mol. The zero-order chi connectivity index (χ0) is 13.0. The Bertz CT molecular complexity index is 493. The van der Waals surface area contributed by atoms with Crippen molar-refractivity contribution >= 4 is 23.5 Å². The van der Waals surface area contributed by atoms with E-state index in [4.69, 9.17) is 27.1 Å². The number of nitrogens with zero attached hydrogens (tertiary/aromatic N) is 1. The molecule has 1 aromatic rings. The van der Waals surface area contributed by atoms with Gasteiger partial charge in [-0.05, 0) is 24.1 Å². The highest BCUT2D eigenvalue weighted by Gasteiger charge is 2.26. The van der Waals surface area contributed by atoms with Gasteiger partial charge in [0.25, 0.3) is 0 Å². The Morgan fingerprint density at radius 1 is 1.35 bits per heavy atom. The van der Waals surface area contributed by atoms with Crippen molar-refractivity contribution in [1.82, 2.24) is 0 Å². The summed E-state index contributed by atoms with van der Waals surface area (Å²) in [6.07, 6.45) is -0.213. The van der Waals surface area contributed by atoms with Crippen molar-refractivity contribution in [3.8, 4) is 6.07 Å². The summed E-state index contributed by atoms with van der Waals surface area (Å²) in [5, 5.41) is 26.2. The Morgan fingerprint density at radius 3 is 2.35 bits per heavy atom. The molecule has 5 nitrogen and oxygen atoms in total. The molecule has 0 fully saturated rings. The fraction of sp³-hybridized carbons (Fsp3) is 0.182. The zero-order valence-corrected chi connectivity index (χ0v) is 9.31. The van der Waals surface area contributed by atoms with Gasteiger partial charge in [-0.3, -0.25) is 9.59 Å². The third kappa shape index (κ3) is 3.20. The summed E-state index contributed by atoms with van der Waals surface area (Å²) in [5.74, 6) is -4.38. The van der Waals surface area contributed by atoms with E-state index in [1.807, 2.05) is 6.07 Å². The number of halogens is 1. The molecule has 0 aliphatic rings. The van der Waals surface area contributed by atoms with Gasteiger partial charge in [0.1, 0.15) is 0 Å². The molecule has 0 spiro atoms. The molecule has 0 aliphatic carbocycles. The number of hydrogen-bond acceptors (Lipinski definition) is 3. The van der Waals surface area contributed by atoms with Crippen LogP contribution in [-0.4, -0.2) is 22.2 Å². The van der Waals surface area contributed by atoms with Crippen LogP contribution < -0.4 is 0 Å². The van der Waals surface area contributed by atoms with Crippen LogP contribution in [0.1, 0.15) is 11.1 Å². The lowest BCUT2D eigenvalue weighted by Gasteiger charge is -2.08. The molecule has 1 aromatic carbocycles. The molecule has 2 N–H and O–H groups in total. The predicted molar refractivity (Wildman–Crippen MR) is 58.6 cm³/mol. The highest BCUT2D eigenvalue weighted by atomic mass is 35.5. The van der Waals surface area contributed by atoms with Crippen molar-refractivity contribution < 1.29 is 19.8 Å². The largest absolute Gasteiger partial charge is 0.481 e. The maximum absolute atomic E-state index is 10.7. The summed E-state index contributed by atoms with van der Waals surface area (Å²) < 4.78 is 0. The third-order valence-electron chi connectivity index (χ3n) is 2.20. The predicted octanol–water partition coefficient (Wildman–Crippen LogP) is 1.54. The Kier molecular flexibility index (Phi) is 4.07. The van der Waals surface area contributed by atoms with Gasteiger partial charge in [0.2, 0.25) is 0 Å². The van der Waals surface area contributed by atoms with Crippen LogP contribution in [0.2, 0.25) is 5.02 Å². The van der Waals surface area contributed by atoms with Crippen LogP contribution in [0.4, 0.5) is 0 Å². The molecule has 0 atom stereocenters. The zero-order valence-electron chi connectivity index (χ0n) is 8.55. The van der Waals surface area contributed by atoms with Crippen molar-refractivity contribution in [2.75, 3.05) is 0 Å². The van der Waals surface area contributed by atoms with E-state index in [0.717, 1.165) is 0 Å². The molecule has 0 unspecified atom stereocenters. The lowest BCUT2D eigenvalue weighted by atomic mass is 9.99. The second kappa shape index (κ2) is 5.32. The van der Waals surface area contributed by atoms with Gasteiger partial charge in [-0.1, -0.05) is 17.7 Å². The maximum Gasteiger partial charge on any atom is 0.318 e. The number of hydrogen-bond donors (Lipinski definition) is 2. The molecule has 0 radical (unpaired) electrons. The second-order valence-electron chi connectivity index (χ2n) is 3.35. The van der Waals surface area contributed by atoms with E-state index in [1.165, 1.54) is 18.2 Å². The number of carboxylic acid groups (broad SMARTS) is 2. The number of carboxylic acids is 2. The minimum Gasteiger partial charge on any atom is -0.481 e. The molecule has 1 rings (SSSR count). The summed E-state index contributed by atoms with van der Waals surface area (Å²) in [4.78, 5) is 21.4. The molecule has 17 heavy (non-hydrogen) atoms. The first-order chi connectivity index (χ1) is 7.95. The maximum atomic E-state index is 10.7. The molecule has 88 valence electrons. The molecule has 0 aliphatic heterocycles. The molecule has 0 saturated carbocycles. The molecule has 0 amide bonds. The summed E-state index contributed by atoms with van der Waals surface area (Å²) in [7, 11) is 0. The van der Waals surface area contributed by atoms with Gasteiger partial charge < -0.3 is 10.2 Å². The van der Waals surface area contributed by atoms with E-state index < -0.39 is 17.9 Å². The Hall–Kier alpha value is -2.06. The first kappa shape index (κ1) is 13.0. The molecular formula is C11H8ClNO4. The lowest BCUT2D eigenvalue weighted by molar-refractivity contribution is -0.154. The SMILES string of the molecule is N#Cc1ccc(CC(C(=O)O)C(=O)O)c(Cl)c1. The van der Waals surface area contributed by atoms with Gasteiger partial charge >= 0.3 is 11.9 Å². The van der Waals surface area contributed by atoms with E-state index in [0.29, 0.717) is 11.1 Å². The van der Waals surface area contributed by atoms with Crippen molar-refractivity contribution in [1.29, 1.82) is 5.26 Å². The van der Waals surface area contributed by atoms with Gasteiger partial charge in [0.15, 0.2) is 5.92 Å². The van der Waals surface area contributed by atoms with Gasteiger partial charge in [-0.15, -0.1) is 0 Å². The standard InChI is InChI=1S/C11H8ClNO4/c12-9-3-6(5-13)1-2-7(9)4-8(10(14)15)11(16)17/h1-3,8H,4H2,(H,14,15)(H,16,17). The van der Waals surface area contributed by atoms with Crippen LogP contribution in [0.15, 0.2) is 18.2 Å². The number of rotatable bonds is 4. The smallest absolute Gasteiger partial charge is 0.318 e. The number of nitriles is 1. The van der Waals surface area contributed by atoms with Crippen LogP contribution in [-0.2, 0) is 16.0 Å². The fourth-order valence-corrected chi connectivity index (χ4v) is 1.54. The first-order valence-electron chi connectivity index (χ1n) is 4.60. The van der Waals surface area contributed by atoms with Crippen LogP contribution in [0, 0.1) is 17.2 Å². The van der Waals surface area contributed by atoms with Crippen LogP contribution >= 0.6 is 11.6 Å². The highest BCUT2D eigenvalue weighted by Crippen LogP contribution is 2.21. The van der Waals surface area contributed by atoms with E-state index in [1.54, 1.807) is 0 Å². The molecule has 0 bridgehead atoms. The first-order valence-corrected chi connectivity index (χ1v) is 4.97. The summed E-state index contributed by atoms with van der Waals surface area (Å²) in [6.45, 7) is 0. The Labute approximate surface area is 102 Å². The second-order valence-corrected chi connectivity index (χ2v) is 3.76. The minimum absolute atomic E-state index is 0.191. The summed E-state index contributed by atoms with van der Waals surface area (Å²) >= 11 is 5.82. The van der Waals surface area contributed by atoms with Gasteiger partial charge in [-0.2, -0.15) is 5.26 Å². The highest BCUT2D eigenvalue weighted by molar-refractivity contribution is 6.31. The number of aliphatic carboxylic acids is 2. The molecule has 6 heteroatoms. The van der Waals surface area contributed by atoms with Gasteiger partial charge in [-0.25, -0.2) is 0 Å². The molecular weight excluding hydrogens is 246 g/mol. The van der Waals surface area contributed by atoms with E-state index in [9.17, 15) is 9.59 Å².